The maximum atomic E-state index is 11.7. The summed E-state index contributed by atoms with van der Waals surface area (Å²) in [6.45, 7) is 5.71. The third kappa shape index (κ3) is 4.53. The summed E-state index contributed by atoms with van der Waals surface area (Å²) in [6.07, 6.45) is 3.01. The van der Waals surface area contributed by atoms with Gasteiger partial charge in [0.05, 0.1) is 23.7 Å². The largest absolute Gasteiger partial charge is 0.449 e. The summed E-state index contributed by atoms with van der Waals surface area (Å²) in [5, 5.41) is 11.3. The van der Waals surface area contributed by atoms with E-state index >= 15 is 0 Å². The Morgan fingerprint density at radius 3 is 2.85 bits per heavy atom. The van der Waals surface area contributed by atoms with Crippen LogP contribution in [0.4, 0.5) is 5.82 Å². The highest BCUT2D eigenvalue weighted by Crippen LogP contribution is 2.07. The van der Waals surface area contributed by atoms with E-state index in [4.69, 9.17) is 9.68 Å². The van der Waals surface area contributed by atoms with Gasteiger partial charge in [0.25, 0.3) is 0 Å². The van der Waals surface area contributed by atoms with Crippen LogP contribution in [0.2, 0.25) is 0 Å². The summed E-state index contributed by atoms with van der Waals surface area (Å²) in [5.41, 5.74) is 0.999. The minimum atomic E-state index is -0.258. The lowest BCUT2D eigenvalue weighted by molar-refractivity contribution is -0.115. The van der Waals surface area contributed by atoms with E-state index in [1.807, 2.05) is 19.9 Å². The minimum Gasteiger partial charge on any atom is -0.449 e. The van der Waals surface area contributed by atoms with Crippen molar-refractivity contribution in [3.05, 3.63) is 41.7 Å². The molecule has 0 spiro atoms. The molecule has 6 nitrogen and oxygen atoms in total. The number of nitrogens with zero attached hydrogens (tertiary/aromatic N) is 3. The maximum Gasteiger partial charge on any atom is 0.231 e. The SMILES string of the molecule is CC.Cc1nc(CC(=O)Nc2cc(C#N)ccn2)co1. The van der Waals surface area contributed by atoms with E-state index < -0.39 is 0 Å². The van der Waals surface area contributed by atoms with Crippen LogP contribution in [0.5, 0.6) is 0 Å². The zero-order valence-electron chi connectivity index (χ0n) is 11.7. The average Bonchev–Trinajstić information content (AvgIpc) is 2.86. The van der Waals surface area contributed by atoms with E-state index in [0.29, 0.717) is 23.0 Å². The van der Waals surface area contributed by atoms with Gasteiger partial charge in [-0.3, -0.25) is 4.79 Å². The third-order valence-electron chi connectivity index (χ3n) is 2.16. The molecule has 6 heteroatoms. The monoisotopic (exact) mass is 272 g/mol. The van der Waals surface area contributed by atoms with Crippen LogP contribution in [0.15, 0.2) is 29.0 Å². The summed E-state index contributed by atoms with van der Waals surface area (Å²) in [5.74, 6) is 0.604. The van der Waals surface area contributed by atoms with Crippen LogP contribution in [-0.4, -0.2) is 15.9 Å². The predicted octanol–water partition coefficient (Wildman–Crippen LogP) is 2.46. The zero-order valence-corrected chi connectivity index (χ0v) is 11.7. The van der Waals surface area contributed by atoms with Crippen LogP contribution >= 0.6 is 0 Å². The van der Waals surface area contributed by atoms with E-state index in [-0.39, 0.29) is 12.3 Å². The van der Waals surface area contributed by atoms with Crippen LogP contribution in [-0.2, 0) is 11.2 Å². The van der Waals surface area contributed by atoms with Crippen molar-refractivity contribution in [3.8, 4) is 6.07 Å². The molecule has 104 valence electrons. The van der Waals surface area contributed by atoms with Crippen molar-refractivity contribution in [3.63, 3.8) is 0 Å². The van der Waals surface area contributed by atoms with Gasteiger partial charge in [-0.15, -0.1) is 0 Å². The van der Waals surface area contributed by atoms with Crippen LogP contribution in [0.3, 0.4) is 0 Å². The number of amides is 1. The van der Waals surface area contributed by atoms with E-state index in [1.165, 1.54) is 18.5 Å². The fraction of sp³-hybridized carbons (Fsp3) is 0.286. The molecule has 0 aliphatic rings. The Balaban J connectivity index is 0.000000956. The number of oxazole rings is 1. The molecule has 2 aromatic rings. The lowest BCUT2D eigenvalue weighted by Crippen LogP contribution is -2.15. The summed E-state index contributed by atoms with van der Waals surface area (Å²) in [7, 11) is 0. The fourth-order valence-corrected chi connectivity index (χ4v) is 1.41. The van der Waals surface area contributed by atoms with Gasteiger partial charge in [0.1, 0.15) is 12.1 Å². The Kier molecular flexibility index (Phi) is 5.91. The first-order valence-corrected chi connectivity index (χ1v) is 6.24. The van der Waals surface area contributed by atoms with E-state index in [2.05, 4.69) is 15.3 Å². The average molecular weight is 272 g/mol. The van der Waals surface area contributed by atoms with Crippen molar-refractivity contribution < 1.29 is 9.21 Å². The molecule has 0 aromatic carbocycles. The molecule has 1 N–H and O–H groups in total. The highest BCUT2D eigenvalue weighted by Gasteiger charge is 2.08. The highest BCUT2D eigenvalue weighted by atomic mass is 16.3. The Hall–Kier alpha value is -2.68. The third-order valence-corrected chi connectivity index (χ3v) is 2.16. The van der Waals surface area contributed by atoms with Gasteiger partial charge < -0.3 is 9.73 Å². The Morgan fingerprint density at radius 2 is 2.25 bits per heavy atom. The van der Waals surface area contributed by atoms with Crippen molar-refractivity contribution in [1.29, 1.82) is 5.26 Å². The van der Waals surface area contributed by atoms with Gasteiger partial charge in [-0.25, -0.2) is 9.97 Å². The van der Waals surface area contributed by atoms with Gasteiger partial charge in [0.2, 0.25) is 5.91 Å². The summed E-state index contributed by atoms with van der Waals surface area (Å²) in [4.78, 5) is 19.6. The summed E-state index contributed by atoms with van der Waals surface area (Å²) < 4.78 is 5.00. The number of carbonyl (C=O) groups excluding carboxylic acids is 1. The molecule has 2 aromatic heterocycles. The van der Waals surface area contributed by atoms with E-state index in [9.17, 15) is 4.79 Å². The van der Waals surface area contributed by atoms with Crippen molar-refractivity contribution in [1.82, 2.24) is 9.97 Å². The number of hydrogen-bond donors (Lipinski definition) is 1. The number of aryl methyl sites for hydroxylation is 1. The fourth-order valence-electron chi connectivity index (χ4n) is 1.41. The normalized spacial score (nSPS) is 9.10. The molecule has 0 saturated carbocycles. The molecule has 0 aliphatic carbocycles. The second-order valence-corrected chi connectivity index (χ2v) is 3.62. The number of hydrogen-bond acceptors (Lipinski definition) is 5. The van der Waals surface area contributed by atoms with Crippen molar-refractivity contribution in [2.75, 3.05) is 5.32 Å². The van der Waals surface area contributed by atoms with Crippen LogP contribution in [0.25, 0.3) is 0 Å². The van der Waals surface area contributed by atoms with Crippen LogP contribution in [0.1, 0.15) is 31.0 Å². The Bertz CT molecular complexity index is 614. The number of rotatable bonds is 3. The number of aromatic nitrogens is 2. The van der Waals surface area contributed by atoms with Crippen molar-refractivity contribution >= 4 is 11.7 Å². The molecule has 0 unspecified atom stereocenters. The molecule has 0 atom stereocenters. The maximum absolute atomic E-state index is 11.7. The van der Waals surface area contributed by atoms with Crippen molar-refractivity contribution in [2.24, 2.45) is 0 Å². The molecule has 2 rings (SSSR count). The molecule has 0 fully saturated rings. The smallest absolute Gasteiger partial charge is 0.231 e. The first kappa shape index (κ1) is 15.4. The first-order chi connectivity index (χ1) is 9.67. The van der Waals surface area contributed by atoms with Gasteiger partial charge in [0, 0.05) is 13.1 Å². The van der Waals surface area contributed by atoms with Crippen LogP contribution in [0, 0.1) is 18.3 Å². The first-order valence-electron chi connectivity index (χ1n) is 6.24. The van der Waals surface area contributed by atoms with Gasteiger partial charge in [-0.1, -0.05) is 13.8 Å². The standard InChI is InChI=1S/C12H10N4O2.C2H6/c1-8-15-10(7-18-8)5-12(17)16-11-4-9(6-13)2-3-14-11;1-2/h2-4,7H,5H2,1H3,(H,14,16,17);1-2H3. The second-order valence-electron chi connectivity index (χ2n) is 3.62. The highest BCUT2D eigenvalue weighted by molar-refractivity contribution is 5.91. The van der Waals surface area contributed by atoms with Crippen molar-refractivity contribution in [2.45, 2.75) is 27.2 Å². The Labute approximate surface area is 117 Å². The van der Waals surface area contributed by atoms with E-state index in [0.717, 1.165) is 0 Å². The van der Waals surface area contributed by atoms with Crippen LogP contribution < -0.4 is 5.32 Å². The number of pyridine rings is 1. The molecular weight excluding hydrogens is 256 g/mol. The number of carbonyl (C=O) groups is 1. The zero-order chi connectivity index (χ0) is 15.0. The summed E-state index contributed by atoms with van der Waals surface area (Å²) >= 11 is 0. The predicted molar refractivity (Wildman–Crippen MR) is 73.9 cm³/mol. The molecule has 0 aliphatic heterocycles. The lowest BCUT2D eigenvalue weighted by atomic mass is 10.3. The molecule has 2 heterocycles. The quantitative estimate of drug-likeness (QED) is 0.926. The molecule has 20 heavy (non-hydrogen) atoms. The minimum absolute atomic E-state index is 0.107. The molecule has 0 bridgehead atoms. The lowest BCUT2D eigenvalue weighted by Gasteiger charge is -2.02. The number of nitrogens with one attached hydrogen (secondary N) is 1. The van der Waals surface area contributed by atoms with E-state index in [1.54, 1.807) is 13.0 Å². The second kappa shape index (κ2) is 7.69. The van der Waals surface area contributed by atoms with Gasteiger partial charge in [0.15, 0.2) is 5.89 Å². The van der Waals surface area contributed by atoms with Gasteiger partial charge in [-0.2, -0.15) is 5.26 Å². The number of anilines is 1. The molecule has 1 amide bonds. The summed E-state index contributed by atoms with van der Waals surface area (Å²) in [6, 6.07) is 5.05. The topological polar surface area (TPSA) is 91.8 Å². The molecular formula is C14H16N4O2. The van der Waals surface area contributed by atoms with Gasteiger partial charge >= 0.3 is 0 Å². The Morgan fingerprint density at radius 1 is 1.50 bits per heavy atom. The number of nitriles is 1. The molecule has 0 saturated heterocycles. The molecule has 0 radical (unpaired) electrons. The van der Waals surface area contributed by atoms with Gasteiger partial charge in [-0.05, 0) is 12.1 Å².